The van der Waals surface area contributed by atoms with Gasteiger partial charge in [-0.05, 0) is 31.7 Å². The van der Waals surface area contributed by atoms with Gasteiger partial charge in [0.05, 0.1) is 12.1 Å². The maximum Gasteiger partial charge on any atom is 0.404 e. The fraction of sp³-hybridized carbons (Fsp3) is 0.611. The summed E-state index contributed by atoms with van der Waals surface area (Å²) in [6.45, 7) is 9.37. The molecule has 0 saturated carbocycles. The van der Waals surface area contributed by atoms with Gasteiger partial charge < -0.3 is 15.5 Å². The van der Waals surface area contributed by atoms with E-state index in [1.165, 1.54) is 5.56 Å². The van der Waals surface area contributed by atoms with E-state index in [4.69, 9.17) is 5.11 Å². The lowest BCUT2D eigenvalue weighted by Crippen LogP contribution is -2.49. The van der Waals surface area contributed by atoms with Gasteiger partial charge in [0.1, 0.15) is 0 Å². The van der Waals surface area contributed by atoms with Gasteiger partial charge in [-0.25, -0.2) is 4.79 Å². The van der Waals surface area contributed by atoms with E-state index in [-0.39, 0.29) is 6.04 Å². The highest BCUT2D eigenvalue weighted by Crippen LogP contribution is 2.14. The van der Waals surface area contributed by atoms with Gasteiger partial charge in [-0.2, -0.15) is 0 Å². The van der Waals surface area contributed by atoms with Crippen LogP contribution in [0.25, 0.3) is 0 Å². The summed E-state index contributed by atoms with van der Waals surface area (Å²) in [7, 11) is 0. The molecule has 0 fully saturated rings. The fourth-order valence-corrected chi connectivity index (χ4v) is 2.62. The molecular formula is C18H30N2O3. The lowest BCUT2D eigenvalue weighted by atomic mass is 9.98. The number of aliphatic hydroxyl groups is 1. The highest BCUT2D eigenvalue weighted by molar-refractivity contribution is 5.64. The average molecular weight is 322 g/mol. The van der Waals surface area contributed by atoms with Crippen LogP contribution in [0.2, 0.25) is 0 Å². The molecule has 1 rings (SSSR count). The van der Waals surface area contributed by atoms with Crippen LogP contribution in [-0.2, 0) is 6.54 Å². The van der Waals surface area contributed by atoms with Crippen molar-refractivity contribution in [3.8, 4) is 0 Å². The highest BCUT2D eigenvalue weighted by atomic mass is 16.4. The Kier molecular flexibility index (Phi) is 8.06. The Morgan fingerprint density at radius 1 is 1.17 bits per heavy atom. The zero-order chi connectivity index (χ0) is 17.4. The number of carboxylic acid groups (broad SMARTS) is 1. The molecule has 0 heterocycles. The number of nitrogens with one attached hydrogen (secondary N) is 1. The highest BCUT2D eigenvalue weighted by Gasteiger charge is 2.25. The third-order valence-electron chi connectivity index (χ3n) is 3.88. The first-order chi connectivity index (χ1) is 10.8. The maximum atomic E-state index is 11.0. The van der Waals surface area contributed by atoms with Gasteiger partial charge in [0.25, 0.3) is 0 Å². The van der Waals surface area contributed by atoms with Crippen LogP contribution in [0.4, 0.5) is 4.79 Å². The second kappa shape index (κ2) is 9.53. The van der Waals surface area contributed by atoms with Crippen molar-refractivity contribution >= 4 is 6.09 Å². The summed E-state index contributed by atoms with van der Waals surface area (Å²) in [5.41, 5.74) is 1.18. The summed E-state index contributed by atoms with van der Waals surface area (Å²) in [5, 5.41) is 22.0. The molecule has 0 unspecified atom stereocenters. The number of hydrogen-bond acceptors (Lipinski definition) is 3. The minimum absolute atomic E-state index is 0.259. The van der Waals surface area contributed by atoms with Crippen LogP contribution in [0.3, 0.4) is 0 Å². The van der Waals surface area contributed by atoms with Crippen LogP contribution >= 0.6 is 0 Å². The molecule has 5 nitrogen and oxygen atoms in total. The van der Waals surface area contributed by atoms with Crippen molar-refractivity contribution in [1.29, 1.82) is 0 Å². The normalized spacial score (nSPS) is 14.3. The maximum absolute atomic E-state index is 11.0. The topological polar surface area (TPSA) is 72.8 Å². The van der Waals surface area contributed by atoms with Gasteiger partial charge in [-0.1, -0.05) is 44.2 Å². The van der Waals surface area contributed by atoms with Crippen molar-refractivity contribution in [3.63, 3.8) is 0 Å². The standard InChI is InChI=1S/C18H30N2O3/c1-13(2)10-16(19-18(22)23)17(21)12-20(14(3)4)11-15-8-6-5-7-9-15/h5-9,13-14,16-17,19,21H,10-12H2,1-4H3,(H,22,23)/t16-,17+/m0/s1. The summed E-state index contributed by atoms with van der Waals surface area (Å²) in [6, 6.07) is 9.90. The van der Waals surface area contributed by atoms with Gasteiger partial charge >= 0.3 is 6.09 Å². The quantitative estimate of drug-likeness (QED) is 0.653. The molecule has 0 spiro atoms. The van der Waals surface area contributed by atoms with Crippen LogP contribution in [0, 0.1) is 5.92 Å². The van der Waals surface area contributed by atoms with E-state index in [0.29, 0.717) is 18.9 Å². The number of hydrogen-bond donors (Lipinski definition) is 3. The van der Waals surface area contributed by atoms with Crippen molar-refractivity contribution in [2.75, 3.05) is 6.54 Å². The molecule has 1 amide bonds. The Morgan fingerprint density at radius 2 is 1.78 bits per heavy atom. The molecule has 0 aromatic heterocycles. The van der Waals surface area contributed by atoms with Crippen molar-refractivity contribution in [3.05, 3.63) is 35.9 Å². The zero-order valence-corrected chi connectivity index (χ0v) is 14.6. The van der Waals surface area contributed by atoms with E-state index in [1.54, 1.807) is 0 Å². The molecule has 1 aromatic carbocycles. The van der Waals surface area contributed by atoms with Gasteiger partial charge in [0.2, 0.25) is 0 Å². The molecule has 23 heavy (non-hydrogen) atoms. The third kappa shape index (κ3) is 7.48. The number of carbonyl (C=O) groups is 1. The molecule has 0 radical (unpaired) electrons. The summed E-state index contributed by atoms with van der Waals surface area (Å²) in [4.78, 5) is 13.1. The van der Waals surface area contributed by atoms with E-state index < -0.39 is 18.2 Å². The van der Waals surface area contributed by atoms with E-state index in [1.807, 2.05) is 32.0 Å². The predicted molar refractivity (Wildman–Crippen MR) is 92.4 cm³/mol. The van der Waals surface area contributed by atoms with Crippen molar-refractivity contribution in [1.82, 2.24) is 10.2 Å². The molecular weight excluding hydrogens is 292 g/mol. The molecule has 2 atom stereocenters. The van der Waals surface area contributed by atoms with E-state index >= 15 is 0 Å². The molecule has 0 saturated heterocycles. The van der Waals surface area contributed by atoms with E-state index in [0.717, 1.165) is 6.54 Å². The molecule has 0 aliphatic heterocycles. The first-order valence-corrected chi connectivity index (χ1v) is 8.25. The number of nitrogens with zero attached hydrogens (tertiary/aromatic N) is 1. The van der Waals surface area contributed by atoms with Crippen LogP contribution in [0.5, 0.6) is 0 Å². The monoisotopic (exact) mass is 322 g/mol. The Morgan fingerprint density at radius 3 is 2.26 bits per heavy atom. The molecule has 130 valence electrons. The van der Waals surface area contributed by atoms with Crippen molar-refractivity contribution in [2.24, 2.45) is 5.92 Å². The molecule has 0 aliphatic carbocycles. The minimum Gasteiger partial charge on any atom is -0.465 e. The smallest absolute Gasteiger partial charge is 0.404 e. The van der Waals surface area contributed by atoms with Gasteiger partial charge in [-0.3, -0.25) is 4.90 Å². The average Bonchev–Trinajstić information content (AvgIpc) is 2.45. The lowest BCUT2D eigenvalue weighted by molar-refractivity contribution is 0.0563. The second-order valence-corrected chi connectivity index (χ2v) is 6.76. The largest absolute Gasteiger partial charge is 0.465 e. The molecule has 0 bridgehead atoms. The molecule has 3 N–H and O–H groups in total. The number of rotatable bonds is 9. The summed E-state index contributed by atoms with van der Waals surface area (Å²) in [6.07, 6.45) is -1.21. The third-order valence-corrected chi connectivity index (χ3v) is 3.88. The fourth-order valence-electron chi connectivity index (χ4n) is 2.62. The van der Waals surface area contributed by atoms with E-state index in [2.05, 4.69) is 36.2 Å². The predicted octanol–water partition coefficient (Wildman–Crippen LogP) is 2.94. The Bertz CT molecular complexity index is 463. The Balaban J connectivity index is 2.73. The first kappa shape index (κ1) is 19.5. The SMILES string of the molecule is CC(C)C[C@H](NC(=O)O)[C@H](O)CN(Cc1ccccc1)C(C)C. The minimum atomic E-state index is -1.09. The van der Waals surface area contributed by atoms with Gasteiger partial charge in [0.15, 0.2) is 0 Å². The molecule has 1 aromatic rings. The molecule has 5 heteroatoms. The van der Waals surface area contributed by atoms with Gasteiger partial charge in [-0.15, -0.1) is 0 Å². The Hall–Kier alpha value is -1.59. The summed E-state index contributed by atoms with van der Waals surface area (Å²) >= 11 is 0. The number of benzene rings is 1. The van der Waals surface area contributed by atoms with Gasteiger partial charge in [0, 0.05) is 19.1 Å². The Labute approximate surface area is 139 Å². The van der Waals surface area contributed by atoms with Crippen LogP contribution in [-0.4, -0.2) is 45.9 Å². The van der Waals surface area contributed by atoms with Crippen LogP contribution in [0.15, 0.2) is 30.3 Å². The van der Waals surface area contributed by atoms with Crippen LogP contribution in [0.1, 0.15) is 39.7 Å². The first-order valence-electron chi connectivity index (χ1n) is 8.25. The van der Waals surface area contributed by atoms with Crippen LogP contribution < -0.4 is 5.32 Å². The lowest BCUT2D eigenvalue weighted by Gasteiger charge is -2.32. The second-order valence-electron chi connectivity index (χ2n) is 6.76. The van der Waals surface area contributed by atoms with Crippen molar-refractivity contribution in [2.45, 2.75) is 58.8 Å². The summed E-state index contributed by atoms with van der Waals surface area (Å²) in [5.74, 6) is 0.308. The number of amides is 1. The molecule has 0 aliphatic rings. The number of aliphatic hydroxyl groups excluding tert-OH is 1. The zero-order valence-electron chi connectivity index (χ0n) is 14.6. The summed E-state index contributed by atoms with van der Waals surface area (Å²) < 4.78 is 0. The van der Waals surface area contributed by atoms with Crippen molar-refractivity contribution < 1.29 is 15.0 Å². The van der Waals surface area contributed by atoms with E-state index in [9.17, 15) is 9.90 Å².